The van der Waals surface area contributed by atoms with E-state index in [0.29, 0.717) is 30.7 Å². The SMILES string of the molecule is C=CCOC(=O)c1cc2cc(CP(=O)(NC(C)C(=O)OCCC)N3CCCC3=O)ccc2s1. The Morgan fingerprint density at radius 3 is 2.79 bits per heavy atom. The van der Waals surface area contributed by atoms with Gasteiger partial charge in [0.1, 0.15) is 17.5 Å². The second-order valence-electron chi connectivity index (χ2n) is 7.87. The van der Waals surface area contributed by atoms with Gasteiger partial charge in [-0.15, -0.1) is 11.3 Å². The lowest BCUT2D eigenvalue weighted by atomic mass is 10.2. The lowest BCUT2D eigenvalue weighted by Crippen LogP contribution is -2.39. The van der Waals surface area contributed by atoms with E-state index < -0.39 is 25.4 Å². The van der Waals surface area contributed by atoms with Gasteiger partial charge < -0.3 is 9.47 Å². The second kappa shape index (κ2) is 11.1. The molecule has 0 radical (unpaired) electrons. The van der Waals surface area contributed by atoms with Crippen molar-refractivity contribution in [3.63, 3.8) is 0 Å². The van der Waals surface area contributed by atoms with E-state index in [-0.39, 0.29) is 25.3 Å². The van der Waals surface area contributed by atoms with Gasteiger partial charge in [0.2, 0.25) is 13.4 Å². The zero-order valence-electron chi connectivity index (χ0n) is 18.9. The average Bonchev–Trinajstić information content (AvgIpc) is 3.41. The molecule has 0 saturated carbocycles. The summed E-state index contributed by atoms with van der Waals surface area (Å²) >= 11 is 1.31. The number of carbonyl (C=O) groups excluding carboxylic acids is 3. The fourth-order valence-corrected chi connectivity index (χ4v) is 7.27. The predicted octanol–water partition coefficient (Wildman–Crippen LogP) is 4.49. The number of nitrogens with zero attached hydrogens (tertiary/aromatic N) is 1. The monoisotopic (exact) mass is 492 g/mol. The molecule has 2 atom stereocenters. The van der Waals surface area contributed by atoms with Crippen molar-refractivity contribution < 1.29 is 28.4 Å². The number of ether oxygens (including phenoxy) is 2. The summed E-state index contributed by atoms with van der Waals surface area (Å²) in [6.07, 6.45) is 3.21. The molecule has 1 aliphatic rings. The van der Waals surface area contributed by atoms with Crippen molar-refractivity contribution in [1.29, 1.82) is 0 Å². The van der Waals surface area contributed by atoms with Crippen molar-refractivity contribution in [2.45, 2.75) is 45.3 Å². The fraction of sp³-hybridized carbons (Fsp3) is 0.435. The van der Waals surface area contributed by atoms with Crippen LogP contribution in [0.5, 0.6) is 0 Å². The van der Waals surface area contributed by atoms with Gasteiger partial charge in [0.05, 0.1) is 12.8 Å². The van der Waals surface area contributed by atoms with E-state index in [4.69, 9.17) is 9.47 Å². The maximum Gasteiger partial charge on any atom is 0.348 e. The van der Waals surface area contributed by atoms with Crippen LogP contribution in [0.4, 0.5) is 0 Å². The average molecular weight is 493 g/mol. The molecule has 0 aliphatic carbocycles. The molecule has 1 fully saturated rings. The number of carbonyl (C=O) groups is 3. The van der Waals surface area contributed by atoms with E-state index in [0.717, 1.165) is 15.6 Å². The molecule has 1 saturated heterocycles. The van der Waals surface area contributed by atoms with E-state index in [1.54, 1.807) is 13.0 Å². The van der Waals surface area contributed by atoms with Crippen LogP contribution in [-0.2, 0) is 29.8 Å². The van der Waals surface area contributed by atoms with Gasteiger partial charge in [0, 0.05) is 17.7 Å². The van der Waals surface area contributed by atoms with Crippen LogP contribution in [0.2, 0.25) is 0 Å². The van der Waals surface area contributed by atoms with Gasteiger partial charge in [0.15, 0.2) is 0 Å². The molecule has 1 amide bonds. The molecule has 2 unspecified atom stereocenters. The predicted molar refractivity (Wildman–Crippen MR) is 128 cm³/mol. The maximum absolute atomic E-state index is 14.1. The first kappa shape index (κ1) is 25.1. The van der Waals surface area contributed by atoms with Crippen molar-refractivity contribution in [3.05, 3.63) is 47.4 Å². The van der Waals surface area contributed by atoms with Crippen molar-refractivity contribution in [3.8, 4) is 0 Å². The van der Waals surface area contributed by atoms with E-state index in [2.05, 4.69) is 11.7 Å². The molecule has 8 nitrogen and oxygen atoms in total. The summed E-state index contributed by atoms with van der Waals surface area (Å²) in [6.45, 7) is 7.81. The van der Waals surface area contributed by atoms with Crippen LogP contribution in [-0.4, -0.2) is 48.3 Å². The van der Waals surface area contributed by atoms with Crippen LogP contribution >= 0.6 is 18.8 Å². The number of hydrogen-bond acceptors (Lipinski definition) is 7. The molecule has 1 aliphatic heterocycles. The van der Waals surface area contributed by atoms with E-state index in [1.165, 1.54) is 22.1 Å². The van der Waals surface area contributed by atoms with Crippen LogP contribution in [0.25, 0.3) is 10.1 Å². The third-order valence-corrected chi connectivity index (χ3v) is 9.03. The molecule has 2 aromatic rings. The highest BCUT2D eigenvalue weighted by Gasteiger charge is 2.39. The first-order chi connectivity index (χ1) is 15.8. The van der Waals surface area contributed by atoms with Gasteiger partial charge in [-0.25, -0.2) is 9.88 Å². The van der Waals surface area contributed by atoms with Crippen LogP contribution in [0.1, 0.15) is 48.3 Å². The Kier molecular flexibility index (Phi) is 8.46. The highest BCUT2D eigenvalue weighted by atomic mass is 32.1. The molecule has 3 rings (SSSR count). The molecule has 33 heavy (non-hydrogen) atoms. The topological polar surface area (TPSA) is 102 Å². The first-order valence-electron chi connectivity index (χ1n) is 10.9. The summed E-state index contributed by atoms with van der Waals surface area (Å²) in [5, 5.41) is 3.74. The van der Waals surface area contributed by atoms with Gasteiger partial charge in [-0.2, -0.15) is 0 Å². The normalized spacial score (nSPS) is 16.4. The standard InChI is InChI=1S/C23H29N2O6PS/c1-4-11-30-22(27)16(3)24-32(29,25-10-6-7-21(25)26)15-17-8-9-19-18(13-17)14-20(33-19)23(28)31-12-5-2/h5,8-9,13-14,16H,2,4,6-7,10-12,15H2,1,3H3,(H,24,29). The number of thiophene rings is 1. The Balaban J connectivity index is 1.85. The van der Waals surface area contributed by atoms with E-state index >= 15 is 0 Å². The highest BCUT2D eigenvalue weighted by Crippen LogP contribution is 2.51. The van der Waals surface area contributed by atoms with Gasteiger partial charge in [-0.3, -0.25) is 18.8 Å². The summed E-state index contributed by atoms with van der Waals surface area (Å²) in [5.74, 6) is -1.12. The third-order valence-electron chi connectivity index (χ3n) is 5.15. The fourth-order valence-electron chi connectivity index (χ4n) is 3.60. The zero-order valence-corrected chi connectivity index (χ0v) is 20.6. The summed E-state index contributed by atoms with van der Waals surface area (Å²) in [7, 11) is -3.46. The minimum atomic E-state index is -3.46. The number of amides is 1. The van der Waals surface area contributed by atoms with Crippen molar-refractivity contribution >= 4 is 46.7 Å². The lowest BCUT2D eigenvalue weighted by Gasteiger charge is -2.31. The molecule has 0 bridgehead atoms. The Bertz CT molecular complexity index is 1100. The van der Waals surface area contributed by atoms with Gasteiger partial charge in [-0.1, -0.05) is 25.6 Å². The smallest absolute Gasteiger partial charge is 0.348 e. The third kappa shape index (κ3) is 6.10. The summed E-state index contributed by atoms with van der Waals surface area (Å²) in [6, 6.07) is 6.44. The molecular weight excluding hydrogens is 463 g/mol. The second-order valence-corrected chi connectivity index (χ2v) is 11.4. The van der Waals surface area contributed by atoms with Gasteiger partial charge >= 0.3 is 11.9 Å². The lowest BCUT2D eigenvalue weighted by molar-refractivity contribution is -0.145. The van der Waals surface area contributed by atoms with Crippen LogP contribution in [0, 0.1) is 0 Å². The zero-order chi connectivity index (χ0) is 24.0. The number of rotatable bonds is 11. The maximum atomic E-state index is 14.1. The molecule has 10 heteroatoms. The minimum absolute atomic E-state index is 0.0617. The van der Waals surface area contributed by atoms with Crippen molar-refractivity contribution in [2.75, 3.05) is 19.8 Å². The molecular formula is C23H29N2O6PS. The minimum Gasteiger partial charge on any atom is -0.465 e. The number of fused-ring (bicyclic) bond motifs is 1. The van der Waals surface area contributed by atoms with E-state index in [9.17, 15) is 18.9 Å². The number of nitrogens with one attached hydrogen (secondary N) is 1. The van der Waals surface area contributed by atoms with Gasteiger partial charge in [0.25, 0.3) is 0 Å². The van der Waals surface area contributed by atoms with Crippen LogP contribution < -0.4 is 5.09 Å². The molecule has 0 spiro atoms. The Labute approximate surface area is 197 Å². The molecule has 1 aromatic heterocycles. The van der Waals surface area contributed by atoms with E-state index in [1.807, 2.05) is 25.1 Å². The number of esters is 2. The Morgan fingerprint density at radius 1 is 1.33 bits per heavy atom. The van der Waals surface area contributed by atoms with Crippen LogP contribution in [0.15, 0.2) is 36.9 Å². The van der Waals surface area contributed by atoms with Crippen molar-refractivity contribution in [2.24, 2.45) is 0 Å². The molecule has 178 valence electrons. The summed E-state index contributed by atoms with van der Waals surface area (Å²) in [4.78, 5) is 37.4. The quantitative estimate of drug-likeness (QED) is 0.280. The van der Waals surface area contributed by atoms with Crippen LogP contribution in [0.3, 0.4) is 0 Å². The number of benzene rings is 1. The number of hydrogen-bond donors (Lipinski definition) is 1. The summed E-state index contributed by atoms with van der Waals surface area (Å²) < 4.78 is 26.6. The Hall–Kier alpha value is -2.48. The highest BCUT2D eigenvalue weighted by molar-refractivity contribution is 7.59. The van der Waals surface area contributed by atoms with Crippen molar-refractivity contribution in [1.82, 2.24) is 9.76 Å². The molecule has 1 aromatic carbocycles. The summed E-state index contributed by atoms with van der Waals surface area (Å²) in [5.41, 5.74) is 0.732. The first-order valence-corrected chi connectivity index (χ1v) is 13.6. The molecule has 1 N–H and O–H groups in total. The largest absolute Gasteiger partial charge is 0.465 e. The van der Waals surface area contributed by atoms with Gasteiger partial charge in [-0.05, 0) is 48.9 Å². The Morgan fingerprint density at radius 2 is 2.12 bits per heavy atom. The molecule has 2 heterocycles.